The van der Waals surface area contributed by atoms with Crippen molar-refractivity contribution in [3.8, 4) is 0 Å². The molecule has 0 aromatic carbocycles. The molecule has 0 aliphatic rings. The molecule has 0 aliphatic carbocycles. The van der Waals surface area contributed by atoms with E-state index in [4.69, 9.17) is 11.6 Å². The van der Waals surface area contributed by atoms with Gasteiger partial charge in [-0.25, -0.2) is 0 Å². The Balaban J connectivity index is 3.92. The maximum absolute atomic E-state index is 5.75. The minimum Gasteiger partial charge on any atom is -0.0856 e. The Labute approximate surface area is 88.1 Å². The van der Waals surface area contributed by atoms with Gasteiger partial charge in [0.2, 0.25) is 0 Å². The van der Waals surface area contributed by atoms with Crippen molar-refractivity contribution < 1.29 is 0 Å². The van der Waals surface area contributed by atoms with Crippen LogP contribution in [0.4, 0.5) is 0 Å². The summed E-state index contributed by atoms with van der Waals surface area (Å²) in [6.45, 7) is 7.85. The molecule has 2 heteroatoms. The number of hydrogen-bond donors (Lipinski definition) is 0. The summed E-state index contributed by atoms with van der Waals surface area (Å²) in [7, 11) is 0. The minimum absolute atomic E-state index is 0.619. The van der Waals surface area contributed by atoms with Gasteiger partial charge in [0.25, 0.3) is 0 Å². The molecule has 0 radical (unpaired) electrons. The van der Waals surface area contributed by atoms with E-state index in [-0.39, 0.29) is 0 Å². The Morgan fingerprint density at radius 3 is 2.42 bits per heavy atom. The van der Waals surface area contributed by atoms with Gasteiger partial charge in [0.1, 0.15) is 0 Å². The fourth-order valence-electron chi connectivity index (χ4n) is 0.766. The lowest BCUT2D eigenvalue weighted by Gasteiger charge is -2.00. The molecule has 0 bridgehead atoms. The molecule has 12 heavy (non-hydrogen) atoms. The summed E-state index contributed by atoms with van der Waals surface area (Å²) in [6.07, 6.45) is 4.15. The topological polar surface area (TPSA) is 0 Å². The van der Waals surface area contributed by atoms with Gasteiger partial charge in [0.15, 0.2) is 0 Å². The van der Waals surface area contributed by atoms with Crippen molar-refractivity contribution >= 4 is 27.5 Å². The van der Waals surface area contributed by atoms with E-state index < -0.39 is 0 Å². The molecule has 0 aliphatic heterocycles. The molecule has 0 N–H and O–H groups in total. The fourth-order valence-corrected chi connectivity index (χ4v) is 1.55. The highest BCUT2D eigenvalue weighted by molar-refractivity contribution is 9.11. The van der Waals surface area contributed by atoms with Crippen molar-refractivity contribution in [1.29, 1.82) is 0 Å². The van der Waals surface area contributed by atoms with Gasteiger partial charge in [-0.3, -0.25) is 0 Å². The average molecular weight is 250 g/mol. The Morgan fingerprint density at radius 2 is 2.08 bits per heavy atom. The summed E-state index contributed by atoms with van der Waals surface area (Å²) in [5, 5.41) is 0.619. The van der Waals surface area contributed by atoms with E-state index in [0.29, 0.717) is 5.03 Å². The summed E-state index contributed by atoms with van der Waals surface area (Å²) < 4.78 is 0. The van der Waals surface area contributed by atoms with Gasteiger partial charge in [0, 0.05) is 5.03 Å². The van der Waals surface area contributed by atoms with Crippen LogP contribution >= 0.6 is 27.5 Å². The van der Waals surface area contributed by atoms with Crippen LogP contribution in [0, 0.1) is 0 Å². The molecule has 0 heterocycles. The molecule has 0 saturated heterocycles. The number of halogens is 2. The van der Waals surface area contributed by atoms with Crippen LogP contribution in [0.15, 0.2) is 33.8 Å². The molecule has 0 aromatic rings. The standard InChI is InChI=1S/C10H14BrCl/c1-8(2)5-4-6-10(7-11)9(3)12/h5,7H,3-4,6H2,1-2H3/b10-7-. The summed E-state index contributed by atoms with van der Waals surface area (Å²) in [4.78, 5) is 1.83. The monoisotopic (exact) mass is 248 g/mol. The van der Waals surface area contributed by atoms with E-state index in [1.807, 2.05) is 4.99 Å². The van der Waals surface area contributed by atoms with Crippen molar-refractivity contribution in [2.45, 2.75) is 26.7 Å². The van der Waals surface area contributed by atoms with E-state index in [9.17, 15) is 0 Å². The predicted molar refractivity (Wildman–Crippen MR) is 60.7 cm³/mol. The molecule has 0 spiro atoms. The Hall–Kier alpha value is -0.0100. The highest BCUT2D eigenvalue weighted by Crippen LogP contribution is 2.19. The molecule has 0 fully saturated rings. The molecule has 0 nitrogen and oxygen atoms in total. The zero-order valence-corrected chi connectivity index (χ0v) is 9.87. The zero-order chi connectivity index (χ0) is 9.56. The second-order valence-electron chi connectivity index (χ2n) is 2.86. The van der Waals surface area contributed by atoms with E-state index in [2.05, 4.69) is 42.4 Å². The molecule has 0 amide bonds. The molecule has 68 valence electrons. The second kappa shape index (κ2) is 6.50. The third-order valence-electron chi connectivity index (χ3n) is 1.45. The normalized spacial score (nSPS) is 11.2. The van der Waals surface area contributed by atoms with E-state index in [1.165, 1.54) is 5.57 Å². The quantitative estimate of drug-likeness (QED) is 0.497. The first-order valence-corrected chi connectivity index (χ1v) is 5.14. The van der Waals surface area contributed by atoms with Gasteiger partial charge < -0.3 is 0 Å². The van der Waals surface area contributed by atoms with Gasteiger partial charge in [-0.2, -0.15) is 0 Å². The fraction of sp³-hybridized carbons (Fsp3) is 0.400. The van der Waals surface area contributed by atoms with Crippen molar-refractivity contribution in [2.75, 3.05) is 0 Å². The lowest BCUT2D eigenvalue weighted by Crippen LogP contribution is -1.80. The number of hydrogen-bond acceptors (Lipinski definition) is 0. The van der Waals surface area contributed by atoms with E-state index in [1.54, 1.807) is 0 Å². The van der Waals surface area contributed by atoms with Crippen LogP contribution in [0.3, 0.4) is 0 Å². The van der Waals surface area contributed by atoms with Gasteiger partial charge in [-0.1, -0.05) is 45.8 Å². The smallest absolute Gasteiger partial charge is 0.0371 e. The summed E-state index contributed by atoms with van der Waals surface area (Å²) >= 11 is 9.00. The van der Waals surface area contributed by atoms with Crippen LogP contribution in [-0.4, -0.2) is 0 Å². The summed E-state index contributed by atoms with van der Waals surface area (Å²) in [6, 6.07) is 0. The van der Waals surface area contributed by atoms with Crippen LogP contribution in [0.5, 0.6) is 0 Å². The molecule has 0 atom stereocenters. The van der Waals surface area contributed by atoms with Crippen LogP contribution in [0.1, 0.15) is 26.7 Å². The molecule has 0 rings (SSSR count). The van der Waals surface area contributed by atoms with Crippen molar-refractivity contribution in [3.05, 3.63) is 33.8 Å². The zero-order valence-electron chi connectivity index (χ0n) is 7.53. The Kier molecular flexibility index (Phi) is 6.49. The number of allylic oxidation sites excluding steroid dienone is 4. The molecular weight excluding hydrogens is 235 g/mol. The Morgan fingerprint density at radius 1 is 1.50 bits per heavy atom. The van der Waals surface area contributed by atoms with Crippen molar-refractivity contribution in [2.24, 2.45) is 0 Å². The van der Waals surface area contributed by atoms with Crippen molar-refractivity contribution in [3.63, 3.8) is 0 Å². The average Bonchev–Trinajstić information content (AvgIpc) is 1.96. The van der Waals surface area contributed by atoms with Crippen LogP contribution in [0.25, 0.3) is 0 Å². The third kappa shape index (κ3) is 5.62. The maximum atomic E-state index is 5.75. The van der Waals surface area contributed by atoms with Gasteiger partial charge in [0.05, 0.1) is 0 Å². The Bertz CT molecular complexity index is 210. The first-order chi connectivity index (χ1) is 5.57. The van der Waals surface area contributed by atoms with Crippen molar-refractivity contribution in [1.82, 2.24) is 0 Å². The molecule has 0 saturated carbocycles. The van der Waals surface area contributed by atoms with Gasteiger partial charge in [-0.05, 0) is 37.2 Å². The van der Waals surface area contributed by atoms with Crippen LogP contribution in [0.2, 0.25) is 0 Å². The third-order valence-corrected chi connectivity index (χ3v) is 2.24. The SMILES string of the molecule is C=C(Cl)/C(=C\Br)CCC=C(C)C. The first-order valence-electron chi connectivity index (χ1n) is 3.85. The van der Waals surface area contributed by atoms with Crippen LogP contribution in [-0.2, 0) is 0 Å². The van der Waals surface area contributed by atoms with Gasteiger partial charge >= 0.3 is 0 Å². The number of rotatable bonds is 4. The largest absolute Gasteiger partial charge is 0.0856 e. The predicted octanol–water partition coefficient (Wildman–Crippen LogP) is 4.76. The van der Waals surface area contributed by atoms with Gasteiger partial charge in [-0.15, -0.1) is 0 Å². The van der Waals surface area contributed by atoms with Crippen LogP contribution < -0.4 is 0 Å². The molecular formula is C10H14BrCl. The molecule has 0 aromatic heterocycles. The summed E-state index contributed by atoms with van der Waals surface area (Å²) in [5.74, 6) is 0. The lowest BCUT2D eigenvalue weighted by molar-refractivity contribution is 0.994. The minimum atomic E-state index is 0.619. The maximum Gasteiger partial charge on any atom is 0.0371 e. The summed E-state index contributed by atoms with van der Waals surface area (Å²) in [5.41, 5.74) is 2.40. The highest BCUT2D eigenvalue weighted by atomic mass is 79.9. The lowest BCUT2D eigenvalue weighted by atomic mass is 10.1. The second-order valence-corrected chi connectivity index (χ2v) is 3.77. The highest BCUT2D eigenvalue weighted by Gasteiger charge is 1.97. The van der Waals surface area contributed by atoms with E-state index in [0.717, 1.165) is 18.4 Å². The molecule has 0 unspecified atom stereocenters. The first kappa shape index (κ1) is 12.0. The van der Waals surface area contributed by atoms with E-state index >= 15 is 0 Å².